The summed E-state index contributed by atoms with van der Waals surface area (Å²) in [6, 6.07) is 10.6. The lowest BCUT2D eigenvalue weighted by atomic mass is 10.0. The molecule has 6 heteroatoms. The van der Waals surface area contributed by atoms with E-state index in [2.05, 4.69) is 5.32 Å². The third kappa shape index (κ3) is 3.91. The second-order valence-electron chi connectivity index (χ2n) is 6.08. The molecule has 0 unspecified atom stereocenters. The van der Waals surface area contributed by atoms with Crippen LogP contribution in [-0.4, -0.2) is 17.6 Å². The van der Waals surface area contributed by atoms with Crippen molar-refractivity contribution in [2.24, 2.45) is 0 Å². The van der Waals surface area contributed by atoms with Crippen molar-refractivity contribution in [2.75, 3.05) is 6.54 Å². The smallest absolute Gasteiger partial charge is 0.340 e. The summed E-state index contributed by atoms with van der Waals surface area (Å²) >= 11 is 0. The molecule has 2 N–H and O–H groups in total. The predicted octanol–water partition coefficient (Wildman–Crippen LogP) is 2.85. The molecular formula is C20H18FNO4. The van der Waals surface area contributed by atoms with Crippen molar-refractivity contribution < 1.29 is 18.7 Å². The van der Waals surface area contributed by atoms with Gasteiger partial charge in [-0.1, -0.05) is 12.1 Å². The van der Waals surface area contributed by atoms with Gasteiger partial charge in [0.05, 0.1) is 12.0 Å². The molecule has 1 amide bonds. The molecule has 0 bridgehead atoms. The number of nitrogens with one attached hydrogen (secondary N) is 1. The Kier molecular flexibility index (Phi) is 5.02. The minimum Gasteiger partial charge on any atom is -0.508 e. The summed E-state index contributed by atoms with van der Waals surface area (Å²) in [5.41, 5.74) is 1.56. The highest BCUT2D eigenvalue weighted by Gasteiger charge is 2.15. The van der Waals surface area contributed by atoms with Gasteiger partial charge in [0.15, 0.2) is 0 Å². The fourth-order valence-electron chi connectivity index (χ4n) is 2.81. The first-order chi connectivity index (χ1) is 12.4. The highest BCUT2D eigenvalue weighted by atomic mass is 19.1. The Bertz CT molecular complexity index is 1010. The van der Waals surface area contributed by atoms with Gasteiger partial charge in [0.1, 0.15) is 17.1 Å². The van der Waals surface area contributed by atoms with Crippen LogP contribution in [0.3, 0.4) is 0 Å². The summed E-state index contributed by atoms with van der Waals surface area (Å²) < 4.78 is 18.1. The van der Waals surface area contributed by atoms with E-state index in [4.69, 9.17) is 4.42 Å². The van der Waals surface area contributed by atoms with E-state index in [0.29, 0.717) is 29.5 Å². The number of phenols is 1. The van der Waals surface area contributed by atoms with E-state index >= 15 is 0 Å². The highest BCUT2D eigenvalue weighted by Crippen LogP contribution is 2.23. The van der Waals surface area contributed by atoms with Gasteiger partial charge in [-0.15, -0.1) is 0 Å². The van der Waals surface area contributed by atoms with E-state index in [1.165, 1.54) is 24.3 Å². The number of fused-ring (bicyclic) bond motifs is 1. The SMILES string of the molecule is Cc1c(CC(=O)NCCc2ccc(F)cc2)c(=O)oc2cc(O)ccc12. The predicted molar refractivity (Wildman–Crippen MR) is 95.7 cm³/mol. The third-order valence-corrected chi connectivity index (χ3v) is 4.26. The fraction of sp³-hybridized carbons (Fsp3) is 0.200. The summed E-state index contributed by atoms with van der Waals surface area (Å²) in [6.45, 7) is 2.13. The van der Waals surface area contributed by atoms with Crippen molar-refractivity contribution in [2.45, 2.75) is 19.8 Å². The maximum atomic E-state index is 12.9. The normalized spacial score (nSPS) is 10.8. The highest BCUT2D eigenvalue weighted by molar-refractivity contribution is 5.85. The minimum absolute atomic E-state index is 0.00587. The van der Waals surface area contributed by atoms with Crippen molar-refractivity contribution >= 4 is 16.9 Å². The van der Waals surface area contributed by atoms with Crippen LogP contribution in [0.4, 0.5) is 4.39 Å². The molecule has 0 aliphatic rings. The molecule has 0 radical (unpaired) electrons. The van der Waals surface area contributed by atoms with Crippen molar-refractivity contribution in [3.63, 3.8) is 0 Å². The van der Waals surface area contributed by atoms with Crippen LogP contribution in [0, 0.1) is 12.7 Å². The van der Waals surface area contributed by atoms with Gasteiger partial charge in [-0.25, -0.2) is 9.18 Å². The molecule has 3 rings (SSSR count). The number of carbonyl (C=O) groups is 1. The molecule has 3 aromatic rings. The topological polar surface area (TPSA) is 79.5 Å². The van der Waals surface area contributed by atoms with Gasteiger partial charge in [-0.05, 0) is 48.7 Å². The van der Waals surface area contributed by atoms with Gasteiger partial charge in [0.25, 0.3) is 0 Å². The Labute approximate surface area is 149 Å². The first-order valence-electron chi connectivity index (χ1n) is 8.20. The first kappa shape index (κ1) is 17.7. The molecule has 134 valence electrons. The molecule has 0 aliphatic heterocycles. The molecule has 0 fully saturated rings. The summed E-state index contributed by atoms with van der Waals surface area (Å²) in [5, 5.41) is 12.9. The molecule has 5 nitrogen and oxygen atoms in total. The monoisotopic (exact) mass is 355 g/mol. The van der Waals surface area contributed by atoms with Crippen LogP contribution in [0.25, 0.3) is 11.0 Å². The number of amides is 1. The lowest BCUT2D eigenvalue weighted by molar-refractivity contribution is -0.120. The van der Waals surface area contributed by atoms with Crippen molar-refractivity contribution in [1.29, 1.82) is 0 Å². The number of aryl methyl sites for hydroxylation is 1. The molecule has 0 atom stereocenters. The van der Waals surface area contributed by atoms with Gasteiger partial charge < -0.3 is 14.8 Å². The van der Waals surface area contributed by atoms with Crippen LogP contribution in [0.2, 0.25) is 0 Å². The molecule has 0 saturated carbocycles. The molecule has 1 heterocycles. The van der Waals surface area contributed by atoms with E-state index < -0.39 is 5.63 Å². The molecule has 2 aromatic carbocycles. The number of aromatic hydroxyl groups is 1. The summed E-state index contributed by atoms with van der Waals surface area (Å²) in [7, 11) is 0. The van der Waals surface area contributed by atoms with Crippen molar-refractivity contribution in [1.82, 2.24) is 5.32 Å². The lowest BCUT2D eigenvalue weighted by Crippen LogP contribution is -2.29. The number of hydrogen-bond acceptors (Lipinski definition) is 4. The van der Waals surface area contributed by atoms with Crippen molar-refractivity contribution in [3.05, 3.63) is 75.4 Å². The average Bonchev–Trinajstić information content (AvgIpc) is 2.60. The lowest BCUT2D eigenvalue weighted by Gasteiger charge is -2.09. The molecule has 0 spiro atoms. The van der Waals surface area contributed by atoms with Gasteiger partial charge in [0, 0.05) is 18.0 Å². The molecule has 1 aromatic heterocycles. The second kappa shape index (κ2) is 7.39. The largest absolute Gasteiger partial charge is 0.508 e. The molecule has 26 heavy (non-hydrogen) atoms. The van der Waals surface area contributed by atoms with E-state index in [1.807, 2.05) is 0 Å². The Morgan fingerprint density at radius 1 is 1.19 bits per heavy atom. The van der Waals surface area contributed by atoms with E-state index in [-0.39, 0.29) is 29.5 Å². The first-order valence-corrected chi connectivity index (χ1v) is 8.20. The van der Waals surface area contributed by atoms with Gasteiger partial charge >= 0.3 is 5.63 Å². The third-order valence-electron chi connectivity index (χ3n) is 4.26. The number of phenolic OH excluding ortho intramolecular Hbond substituents is 1. The van der Waals surface area contributed by atoms with Crippen LogP contribution in [0.15, 0.2) is 51.7 Å². The number of carbonyl (C=O) groups excluding carboxylic acids is 1. The molecule has 0 aliphatic carbocycles. The molecular weight excluding hydrogens is 337 g/mol. The van der Waals surface area contributed by atoms with Crippen molar-refractivity contribution in [3.8, 4) is 5.75 Å². The number of halogens is 1. The number of hydrogen-bond donors (Lipinski definition) is 2. The van der Waals surface area contributed by atoms with Crippen LogP contribution in [-0.2, 0) is 17.6 Å². The maximum Gasteiger partial charge on any atom is 0.340 e. The Hall–Kier alpha value is -3.15. The van der Waals surface area contributed by atoms with E-state index in [9.17, 15) is 19.1 Å². The van der Waals surface area contributed by atoms with Gasteiger partial charge in [0.2, 0.25) is 5.91 Å². The Morgan fingerprint density at radius 2 is 1.92 bits per heavy atom. The van der Waals surface area contributed by atoms with Gasteiger partial charge in [-0.3, -0.25) is 4.79 Å². The summed E-state index contributed by atoms with van der Waals surface area (Å²) in [4.78, 5) is 24.3. The standard InChI is InChI=1S/C20H18FNO4/c1-12-16-7-6-15(23)10-18(16)26-20(25)17(12)11-19(24)22-9-8-13-2-4-14(21)5-3-13/h2-7,10,23H,8-9,11H2,1H3,(H,22,24). The quantitative estimate of drug-likeness (QED) is 0.690. The average molecular weight is 355 g/mol. The molecule has 0 saturated heterocycles. The Morgan fingerprint density at radius 3 is 2.65 bits per heavy atom. The van der Waals surface area contributed by atoms with Crippen LogP contribution in [0.1, 0.15) is 16.7 Å². The fourth-order valence-corrected chi connectivity index (χ4v) is 2.81. The van der Waals surface area contributed by atoms with Crippen LogP contribution < -0.4 is 10.9 Å². The van der Waals surface area contributed by atoms with Crippen LogP contribution >= 0.6 is 0 Å². The Balaban J connectivity index is 1.68. The van der Waals surface area contributed by atoms with Gasteiger partial charge in [-0.2, -0.15) is 0 Å². The maximum absolute atomic E-state index is 12.9. The number of rotatable bonds is 5. The zero-order valence-electron chi connectivity index (χ0n) is 14.2. The van der Waals surface area contributed by atoms with E-state index in [0.717, 1.165) is 5.56 Å². The summed E-state index contributed by atoms with van der Waals surface area (Å²) in [6.07, 6.45) is 0.477. The number of benzene rings is 2. The summed E-state index contributed by atoms with van der Waals surface area (Å²) in [5.74, 6) is -0.586. The van der Waals surface area contributed by atoms with Crippen LogP contribution in [0.5, 0.6) is 5.75 Å². The second-order valence-corrected chi connectivity index (χ2v) is 6.08. The van der Waals surface area contributed by atoms with E-state index in [1.54, 1.807) is 25.1 Å². The minimum atomic E-state index is -0.589. The zero-order chi connectivity index (χ0) is 18.7. The zero-order valence-corrected chi connectivity index (χ0v) is 14.2.